The molecule has 1 fully saturated rings. The Labute approximate surface area is 186 Å². The molecule has 1 aliphatic rings. The molecule has 1 N–H and O–H groups in total. The van der Waals surface area contributed by atoms with Crippen molar-refractivity contribution in [2.45, 2.75) is 10.9 Å². The van der Waals surface area contributed by atoms with Crippen molar-refractivity contribution < 1.29 is 17.9 Å². The summed E-state index contributed by atoms with van der Waals surface area (Å²) in [5.74, 6) is 1.54. The lowest BCUT2D eigenvalue weighted by molar-refractivity contribution is -0.138. The van der Waals surface area contributed by atoms with Crippen molar-refractivity contribution in [3.05, 3.63) is 60.4 Å². The number of sulfone groups is 1. The van der Waals surface area contributed by atoms with E-state index in [4.69, 9.17) is 4.74 Å². The first-order chi connectivity index (χ1) is 15.3. The zero-order chi connectivity index (χ0) is 22.7. The molecular formula is C22H25N5O4S. The van der Waals surface area contributed by atoms with Crippen molar-refractivity contribution in [1.29, 1.82) is 0 Å². The maximum absolute atomic E-state index is 12.9. The van der Waals surface area contributed by atoms with Crippen LogP contribution in [-0.2, 0) is 14.6 Å². The molecule has 9 nitrogen and oxygen atoms in total. The van der Waals surface area contributed by atoms with E-state index >= 15 is 0 Å². The number of carbonyl (C=O) groups is 1. The molecule has 1 amide bonds. The summed E-state index contributed by atoms with van der Waals surface area (Å²) < 4.78 is 29.0. The number of amides is 1. The summed E-state index contributed by atoms with van der Waals surface area (Å²) in [5, 5.41) is 7.25. The lowest BCUT2D eigenvalue weighted by Crippen LogP contribution is -2.50. The van der Waals surface area contributed by atoms with Crippen LogP contribution in [0.3, 0.4) is 0 Å². The predicted molar refractivity (Wildman–Crippen MR) is 119 cm³/mol. The van der Waals surface area contributed by atoms with Crippen molar-refractivity contribution in [1.82, 2.24) is 25.0 Å². The molecular weight excluding hydrogens is 430 g/mol. The Morgan fingerprint density at radius 3 is 2.53 bits per heavy atom. The molecule has 0 saturated carbocycles. The van der Waals surface area contributed by atoms with Gasteiger partial charge >= 0.3 is 0 Å². The van der Waals surface area contributed by atoms with E-state index in [0.29, 0.717) is 36.1 Å². The number of hydrogen-bond donors (Lipinski definition) is 1. The Morgan fingerprint density at radius 1 is 1.12 bits per heavy atom. The third-order valence-corrected chi connectivity index (χ3v) is 6.50. The number of aromatic nitrogens is 3. The SMILES string of the molecule is CN1CCN(C(=O)COc2ccccc2)[C@@H](c2nc(-c3ccc(S(C)(=O)=O)cc3)n[nH]2)C1. The third-order valence-electron chi connectivity index (χ3n) is 5.37. The maximum Gasteiger partial charge on any atom is 0.261 e. The van der Waals surface area contributed by atoms with Gasteiger partial charge in [0.2, 0.25) is 0 Å². The van der Waals surface area contributed by atoms with Gasteiger partial charge in [0, 0.05) is 31.5 Å². The lowest BCUT2D eigenvalue weighted by atomic mass is 10.1. The van der Waals surface area contributed by atoms with Crippen molar-refractivity contribution in [3.63, 3.8) is 0 Å². The molecule has 168 valence electrons. The number of hydrogen-bond acceptors (Lipinski definition) is 7. The van der Waals surface area contributed by atoms with Gasteiger partial charge in [-0.05, 0) is 43.4 Å². The highest BCUT2D eigenvalue weighted by Gasteiger charge is 2.33. The number of ether oxygens (including phenoxy) is 1. The van der Waals surface area contributed by atoms with Gasteiger partial charge < -0.3 is 14.5 Å². The number of nitrogens with zero attached hydrogens (tertiary/aromatic N) is 4. The molecule has 0 unspecified atom stereocenters. The van der Waals surface area contributed by atoms with Crippen LogP contribution in [-0.4, -0.2) is 78.9 Å². The number of para-hydroxylation sites is 1. The lowest BCUT2D eigenvalue weighted by Gasteiger charge is -2.38. The summed E-state index contributed by atoms with van der Waals surface area (Å²) in [5.41, 5.74) is 0.689. The number of aromatic amines is 1. The summed E-state index contributed by atoms with van der Waals surface area (Å²) in [6.45, 7) is 1.86. The summed E-state index contributed by atoms with van der Waals surface area (Å²) in [4.78, 5) is 21.7. The summed E-state index contributed by atoms with van der Waals surface area (Å²) >= 11 is 0. The first kappa shape index (κ1) is 22.0. The van der Waals surface area contributed by atoms with E-state index in [1.165, 1.54) is 18.4 Å². The number of benzene rings is 2. The highest BCUT2D eigenvalue weighted by Crippen LogP contribution is 2.25. The van der Waals surface area contributed by atoms with Crippen LogP contribution in [0.2, 0.25) is 0 Å². The molecule has 10 heteroatoms. The van der Waals surface area contributed by atoms with Crippen molar-refractivity contribution >= 4 is 15.7 Å². The van der Waals surface area contributed by atoms with Crippen LogP contribution in [0.1, 0.15) is 11.9 Å². The zero-order valence-electron chi connectivity index (χ0n) is 17.9. The summed E-state index contributed by atoms with van der Waals surface area (Å²) in [6.07, 6.45) is 1.17. The number of carbonyl (C=O) groups excluding carboxylic acids is 1. The highest BCUT2D eigenvalue weighted by molar-refractivity contribution is 7.90. The molecule has 0 aliphatic carbocycles. The second kappa shape index (κ2) is 9.09. The van der Waals surface area contributed by atoms with E-state index in [0.717, 1.165) is 6.54 Å². The average Bonchev–Trinajstić information content (AvgIpc) is 3.28. The largest absolute Gasteiger partial charge is 0.484 e. The van der Waals surface area contributed by atoms with Crippen LogP contribution in [0.5, 0.6) is 5.75 Å². The smallest absolute Gasteiger partial charge is 0.261 e. The normalized spacial score (nSPS) is 17.3. The van der Waals surface area contributed by atoms with E-state index in [1.54, 1.807) is 17.0 Å². The molecule has 0 spiro atoms. The maximum atomic E-state index is 12.9. The van der Waals surface area contributed by atoms with E-state index in [9.17, 15) is 13.2 Å². The fourth-order valence-corrected chi connectivity index (χ4v) is 4.23. The quantitative estimate of drug-likeness (QED) is 0.603. The Balaban J connectivity index is 1.51. The van der Waals surface area contributed by atoms with Gasteiger partial charge in [-0.3, -0.25) is 9.89 Å². The van der Waals surface area contributed by atoms with Gasteiger partial charge in [0.1, 0.15) is 17.6 Å². The van der Waals surface area contributed by atoms with Gasteiger partial charge in [0.05, 0.1) is 4.90 Å². The van der Waals surface area contributed by atoms with E-state index in [2.05, 4.69) is 20.1 Å². The fraction of sp³-hybridized carbons (Fsp3) is 0.318. The number of rotatable bonds is 6. The molecule has 32 heavy (non-hydrogen) atoms. The van der Waals surface area contributed by atoms with Gasteiger partial charge in [-0.25, -0.2) is 13.4 Å². The molecule has 2 heterocycles. The third kappa shape index (κ3) is 4.97. The predicted octanol–water partition coefficient (Wildman–Crippen LogP) is 1.77. The standard InChI is InChI=1S/C22H25N5O4S/c1-26-12-13-27(20(28)15-31-17-6-4-3-5-7-17)19(14-26)22-23-21(24-25-22)16-8-10-18(11-9-16)32(2,29)30/h3-11,19H,12-15H2,1-2H3,(H,23,24,25)/t19-/m1/s1. The summed E-state index contributed by atoms with van der Waals surface area (Å²) in [6, 6.07) is 15.4. The summed E-state index contributed by atoms with van der Waals surface area (Å²) in [7, 11) is -1.28. The average molecular weight is 456 g/mol. The van der Waals surface area contributed by atoms with Gasteiger partial charge in [-0.2, -0.15) is 5.10 Å². The van der Waals surface area contributed by atoms with Gasteiger partial charge in [0.25, 0.3) is 5.91 Å². The van der Waals surface area contributed by atoms with Crippen molar-refractivity contribution in [3.8, 4) is 17.1 Å². The van der Waals surface area contributed by atoms with E-state index < -0.39 is 9.84 Å². The highest BCUT2D eigenvalue weighted by atomic mass is 32.2. The van der Waals surface area contributed by atoms with Crippen LogP contribution >= 0.6 is 0 Å². The molecule has 0 bridgehead atoms. The molecule has 1 atom stereocenters. The number of nitrogens with one attached hydrogen (secondary N) is 1. The minimum absolute atomic E-state index is 0.0574. The topological polar surface area (TPSA) is 108 Å². The second-order valence-corrected chi connectivity index (χ2v) is 9.82. The van der Waals surface area contributed by atoms with Crippen molar-refractivity contribution in [2.24, 2.45) is 0 Å². The first-order valence-electron chi connectivity index (χ1n) is 10.2. The molecule has 4 rings (SSSR count). The van der Waals surface area contributed by atoms with Crippen LogP contribution in [0.4, 0.5) is 0 Å². The Hall–Kier alpha value is -3.24. The number of piperazine rings is 1. The first-order valence-corrected chi connectivity index (χ1v) is 12.1. The van der Waals surface area contributed by atoms with E-state index in [-0.39, 0.29) is 23.5 Å². The number of H-pyrrole nitrogens is 1. The van der Waals surface area contributed by atoms with Gasteiger partial charge in [0.15, 0.2) is 22.3 Å². The fourth-order valence-electron chi connectivity index (χ4n) is 3.60. The van der Waals surface area contributed by atoms with Crippen LogP contribution < -0.4 is 4.74 Å². The monoisotopic (exact) mass is 455 g/mol. The van der Waals surface area contributed by atoms with Gasteiger partial charge in [-0.15, -0.1) is 0 Å². The zero-order valence-corrected chi connectivity index (χ0v) is 18.7. The minimum atomic E-state index is -3.27. The second-order valence-electron chi connectivity index (χ2n) is 7.81. The number of likely N-dealkylation sites (N-methyl/N-ethyl adjacent to an activating group) is 1. The molecule has 1 aromatic heterocycles. The van der Waals surface area contributed by atoms with Crippen LogP contribution in [0, 0.1) is 0 Å². The van der Waals surface area contributed by atoms with Crippen LogP contribution in [0.15, 0.2) is 59.5 Å². The Kier molecular flexibility index (Phi) is 6.24. The molecule has 1 saturated heterocycles. The molecule has 0 radical (unpaired) electrons. The Bertz CT molecular complexity index is 1180. The Morgan fingerprint density at radius 2 is 1.84 bits per heavy atom. The van der Waals surface area contributed by atoms with Gasteiger partial charge in [-0.1, -0.05) is 18.2 Å². The molecule has 2 aromatic carbocycles. The molecule has 1 aliphatic heterocycles. The molecule has 3 aromatic rings. The van der Waals surface area contributed by atoms with Crippen LogP contribution in [0.25, 0.3) is 11.4 Å². The minimum Gasteiger partial charge on any atom is -0.484 e. The van der Waals surface area contributed by atoms with Crippen molar-refractivity contribution in [2.75, 3.05) is 39.5 Å². The van der Waals surface area contributed by atoms with E-state index in [1.807, 2.05) is 37.4 Å².